The van der Waals surface area contributed by atoms with E-state index >= 15 is 0 Å². The highest BCUT2D eigenvalue weighted by atomic mass is 35.5. The molecular formula is C18H16ClFN4O. The molecular weight excluding hydrogens is 343 g/mol. The Balaban J connectivity index is 1.69. The maximum atomic E-state index is 13.9. The molecule has 0 spiro atoms. The van der Waals surface area contributed by atoms with E-state index in [-0.39, 0.29) is 11.5 Å². The van der Waals surface area contributed by atoms with Crippen molar-refractivity contribution in [1.82, 2.24) is 4.98 Å². The molecule has 0 radical (unpaired) electrons. The predicted molar refractivity (Wildman–Crippen MR) is 96.0 cm³/mol. The van der Waals surface area contributed by atoms with Gasteiger partial charge in [-0.15, -0.1) is 0 Å². The molecule has 2 aromatic rings. The minimum Gasteiger partial charge on any atom is -0.384 e. The van der Waals surface area contributed by atoms with Crippen LogP contribution in [0.5, 0.6) is 0 Å². The lowest BCUT2D eigenvalue weighted by atomic mass is 10.0. The van der Waals surface area contributed by atoms with Gasteiger partial charge in [0.15, 0.2) is 0 Å². The second kappa shape index (κ2) is 7.03. The number of pyridine rings is 1. The lowest BCUT2D eigenvalue weighted by Crippen LogP contribution is -2.24. The van der Waals surface area contributed by atoms with Crippen molar-refractivity contribution in [2.24, 2.45) is 10.7 Å². The highest BCUT2D eigenvalue weighted by molar-refractivity contribution is 6.30. The van der Waals surface area contributed by atoms with Crippen LogP contribution in [0.1, 0.15) is 18.5 Å². The van der Waals surface area contributed by atoms with Gasteiger partial charge in [-0.3, -0.25) is 9.78 Å². The first-order valence-electron chi connectivity index (χ1n) is 7.69. The number of benzene rings is 1. The van der Waals surface area contributed by atoms with E-state index in [4.69, 9.17) is 17.3 Å². The van der Waals surface area contributed by atoms with Crippen LogP contribution in [0, 0.1) is 5.82 Å². The number of rotatable bonds is 5. The number of nitrogens with zero attached hydrogens (tertiary/aromatic N) is 2. The summed E-state index contributed by atoms with van der Waals surface area (Å²) in [6, 6.07) is 9.92. The fourth-order valence-electron chi connectivity index (χ4n) is 2.48. The van der Waals surface area contributed by atoms with Gasteiger partial charge in [0, 0.05) is 23.1 Å². The Hall–Kier alpha value is -2.73. The average Bonchev–Trinajstić information content (AvgIpc) is 3.37. The number of carbonyl (C=O) groups is 1. The van der Waals surface area contributed by atoms with Crippen LogP contribution in [0.25, 0.3) is 0 Å². The van der Waals surface area contributed by atoms with Gasteiger partial charge in [0.1, 0.15) is 11.7 Å². The van der Waals surface area contributed by atoms with Gasteiger partial charge < -0.3 is 11.1 Å². The molecule has 0 saturated heterocycles. The Morgan fingerprint density at radius 3 is 2.84 bits per heavy atom. The molecule has 5 nitrogen and oxygen atoms in total. The number of nitrogens with one attached hydrogen (secondary N) is 1. The van der Waals surface area contributed by atoms with Crippen molar-refractivity contribution in [2.75, 3.05) is 5.32 Å². The zero-order chi connectivity index (χ0) is 17.9. The van der Waals surface area contributed by atoms with Gasteiger partial charge in [-0.1, -0.05) is 17.7 Å². The summed E-state index contributed by atoms with van der Waals surface area (Å²) in [7, 11) is 0. The molecule has 0 bridgehead atoms. The Bertz CT molecular complexity index is 862. The van der Waals surface area contributed by atoms with E-state index < -0.39 is 17.1 Å². The second-order valence-electron chi connectivity index (χ2n) is 5.75. The van der Waals surface area contributed by atoms with E-state index in [1.165, 1.54) is 24.4 Å². The highest BCUT2D eigenvalue weighted by Gasteiger charge is 2.54. The van der Waals surface area contributed by atoms with Gasteiger partial charge in [-0.2, -0.15) is 4.99 Å². The Morgan fingerprint density at radius 2 is 2.16 bits per heavy atom. The first kappa shape index (κ1) is 17.1. The van der Waals surface area contributed by atoms with E-state index in [0.717, 1.165) is 5.69 Å². The molecule has 1 aliphatic carbocycles. The number of carbonyl (C=O) groups excluding carboxylic acids is 1. The highest BCUT2D eigenvalue weighted by Crippen LogP contribution is 2.49. The van der Waals surface area contributed by atoms with Crippen molar-refractivity contribution in [3.8, 4) is 0 Å². The molecule has 1 fully saturated rings. The molecule has 1 aliphatic rings. The number of halogens is 2. The molecule has 0 atom stereocenters. The van der Waals surface area contributed by atoms with E-state index in [9.17, 15) is 9.18 Å². The number of amides is 1. The largest absolute Gasteiger partial charge is 0.384 e. The topological polar surface area (TPSA) is 80.4 Å². The van der Waals surface area contributed by atoms with Crippen molar-refractivity contribution < 1.29 is 9.18 Å². The smallest absolute Gasteiger partial charge is 0.259 e. The lowest BCUT2D eigenvalue weighted by Gasteiger charge is -2.11. The fourth-order valence-corrected chi connectivity index (χ4v) is 2.67. The summed E-state index contributed by atoms with van der Waals surface area (Å²) in [5.74, 6) is -0.947. The third-order valence-corrected chi connectivity index (χ3v) is 4.17. The number of amidine groups is 1. The van der Waals surface area contributed by atoms with Crippen LogP contribution in [-0.4, -0.2) is 16.7 Å². The van der Waals surface area contributed by atoms with Crippen LogP contribution in [0.3, 0.4) is 0 Å². The molecule has 1 saturated carbocycles. The number of aromatic nitrogens is 1. The van der Waals surface area contributed by atoms with Gasteiger partial charge >= 0.3 is 0 Å². The van der Waals surface area contributed by atoms with Crippen molar-refractivity contribution in [1.29, 1.82) is 0 Å². The van der Waals surface area contributed by atoms with Crippen LogP contribution in [0.15, 0.2) is 59.9 Å². The normalized spacial score (nSPS) is 16.0. The zero-order valence-corrected chi connectivity index (χ0v) is 14.0. The van der Waals surface area contributed by atoms with Crippen molar-refractivity contribution in [3.63, 3.8) is 0 Å². The fraction of sp³-hybridized carbons (Fsp3) is 0.167. The average molecular weight is 359 g/mol. The molecule has 1 aromatic heterocycles. The van der Waals surface area contributed by atoms with Gasteiger partial charge in [-0.25, -0.2) is 4.39 Å². The monoisotopic (exact) mass is 358 g/mol. The maximum absolute atomic E-state index is 13.9. The van der Waals surface area contributed by atoms with Gasteiger partial charge in [-0.05, 0) is 49.2 Å². The van der Waals surface area contributed by atoms with Crippen LogP contribution < -0.4 is 11.1 Å². The summed E-state index contributed by atoms with van der Waals surface area (Å²) >= 11 is 5.89. The summed E-state index contributed by atoms with van der Waals surface area (Å²) in [5.41, 5.74) is 5.70. The van der Waals surface area contributed by atoms with Crippen LogP contribution >= 0.6 is 11.6 Å². The molecule has 1 amide bonds. The van der Waals surface area contributed by atoms with Gasteiger partial charge in [0.2, 0.25) is 0 Å². The lowest BCUT2D eigenvalue weighted by molar-refractivity contribution is -0.120. The summed E-state index contributed by atoms with van der Waals surface area (Å²) in [4.78, 5) is 20.3. The van der Waals surface area contributed by atoms with Gasteiger partial charge in [0.25, 0.3) is 5.91 Å². The molecule has 128 valence electrons. The number of hydrogen-bond acceptors (Lipinski definition) is 3. The van der Waals surface area contributed by atoms with Crippen molar-refractivity contribution in [3.05, 3.63) is 71.4 Å². The van der Waals surface area contributed by atoms with Crippen molar-refractivity contribution >= 4 is 29.0 Å². The number of hydrogen-bond donors (Lipinski definition) is 2. The summed E-state index contributed by atoms with van der Waals surface area (Å²) in [6.07, 6.45) is 5.51. The summed E-state index contributed by atoms with van der Waals surface area (Å²) in [5, 5.41) is 3.58. The van der Waals surface area contributed by atoms with Crippen molar-refractivity contribution in [2.45, 2.75) is 18.3 Å². The number of aliphatic imine (C=N–C) groups is 1. The molecule has 0 aliphatic heterocycles. The third kappa shape index (κ3) is 3.85. The molecule has 3 rings (SSSR count). The molecule has 7 heteroatoms. The van der Waals surface area contributed by atoms with E-state index in [0.29, 0.717) is 17.9 Å². The van der Waals surface area contributed by atoms with Crippen LogP contribution in [-0.2, 0) is 10.2 Å². The first-order valence-corrected chi connectivity index (χ1v) is 8.07. The molecule has 0 unspecified atom stereocenters. The molecule has 1 heterocycles. The Kier molecular flexibility index (Phi) is 4.81. The second-order valence-corrected chi connectivity index (χ2v) is 6.18. The Labute approximate surface area is 149 Å². The Morgan fingerprint density at radius 1 is 1.36 bits per heavy atom. The van der Waals surface area contributed by atoms with Crippen LogP contribution in [0.4, 0.5) is 10.1 Å². The molecule has 1 aromatic carbocycles. The maximum Gasteiger partial charge on any atom is 0.259 e. The zero-order valence-electron chi connectivity index (χ0n) is 13.2. The van der Waals surface area contributed by atoms with Crippen LogP contribution in [0.2, 0.25) is 5.02 Å². The summed E-state index contributed by atoms with van der Waals surface area (Å²) < 4.78 is 13.9. The first-order chi connectivity index (χ1) is 12.0. The number of nitrogens with two attached hydrogens (primary N) is 1. The minimum atomic E-state index is -0.982. The van der Waals surface area contributed by atoms with E-state index in [1.54, 1.807) is 24.4 Å². The predicted octanol–water partition coefficient (Wildman–Crippen LogP) is 3.42. The van der Waals surface area contributed by atoms with E-state index in [1.807, 2.05) is 6.07 Å². The third-order valence-electron chi connectivity index (χ3n) is 3.93. The molecule has 3 N–H and O–H groups in total. The summed E-state index contributed by atoms with van der Waals surface area (Å²) in [6.45, 7) is 0. The minimum absolute atomic E-state index is 0.0298. The SMILES string of the molecule is NC(/C=C\Nc1cccc(Cl)c1)=NC(=O)C1(c2ncccc2F)CC1. The standard InChI is InChI=1S/C18H16ClFN4O/c19-12-3-1-4-13(11-12)22-10-6-15(21)24-17(25)18(7-8-18)16-14(20)5-2-9-23-16/h1-6,9-11,22H,7-8H2,(H2,21,24,25)/b10-6-. The van der Waals surface area contributed by atoms with Gasteiger partial charge in [0.05, 0.1) is 11.1 Å². The van der Waals surface area contributed by atoms with E-state index in [2.05, 4.69) is 15.3 Å². The quantitative estimate of drug-likeness (QED) is 0.634. The molecule has 25 heavy (non-hydrogen) atoms. The number of anilines is 1.